The van der Waals surface area contributed by atoms with E-state index in [1.54, 1.807) is 6.33 Å². The number of nitrogens with zero attached hydrogens (tertiary/aromatic N) is 2. The molecule has 1 aromatic heterocycles. The summed E-state index contributed by atoms with van der Waals surface area (Å²) in [6, 6.07) is 0. The first kappa shape index (κ1) is 14.1. The SMILES string of the molecule is CCNc1ncnc(NCCCC2CC2)c1C(C)C. The van der Waals surface area contributed by atoms with E-state index in [1.807, 2.05) is 0 Å². The highest BCUT2D eigenvalue weighted by molar-refractivity contribution is 5.58. The topological polar surface area (TPSA) is 49.8 Å². The molecule has 106 valence electrons. The van der Waals surface area contributed by atoms with Crippen LogP contribution in [0.15, 0.2) is 6.33 Å². The molecule has 4 nitrogen and oxygen atoms in total. The Morgan fingerprint density at radius 2 is 1.89 bits per heavy atom. The van der Waals surface area contributed by atoms with Crippen LogP contribution in [0.5, 0.6) is 0 Å². The minimum Gasteiger partial charge on any atom is -0.370 e. The first-order valence-corrected chi connectivity index (χ1v) is 7.55. The molecule has 0 aliphatic heterocycles. The second-order valence-corrected chi connectivity index (χ2v) is 5.68. The number of nitrogens with one attached hydrogen (secondary N) is 2. The normalized spacial score (nSPS) is 14.7. The second-order valence-electron chi connectivity index (χ2n) is 5.68. The molecule has 0 unspecified atom stereocenters. The molecule has 4 heteroatoms. The molecule has 0 spiro atoms. The zero-order valence-electron chi connectivity index (χ0n) is 12.4. The van der Waals surface area contributed by atoms with Gasteiger partial charge in [-0.1, -0.05) is 26.7 Å². The highest BCUT2D eigenvalue weighted by Gasteiger charge is 2.20. The molecule has 1 aromatic rings. The zero-order valence-corrected chi connectivity index (χ0v) is 12.4. The highest BCUT2D eigenvalue weighted by Crippen LogP contribution is 2.33. The van der Waals surface area contributed by atoms with E-state index >= 15 is 0 Å². The lowest BCUT2D eigenvalue weighted by Crippen LogP contribution is -2.12. The van der Waals surface area contributed by atoms with E-state index in [4.69, 9.17) is 0 Å². The predicted molar refractivity (Wildman–Crippen MR) is 80.7 cm³/mol. The van der Waals surface area contributed by atoms with E-state index in [9.17, 15) is 0 Å². The third kappa shape index (κ3) is 4.08. The lowest BCUT2D eigenvalue weighted by atomic mass is 10.0. The van der Waals surface area contributed by atoms with E-state index < -0.39 is 0 Å². The largest absolute Gasteiger partial charge is 0.370 e. The van der Waals surface area contributed by atoms with Crippen molar-refractivity contribution in [2.45, 2.75) is 52.4 Å². The van der Waals surface area contributed by atoms with Crippen molar-refractivity contribution in [1.29, 1.82) is 0 Å². The van der Waals surface area contributed by atoms with Crippen molar-refractivity contribution in [3.63, 3.8) is 0 Å². The number of hydrogen-bond acceptors (Lipinski definition) is 4. The first-order chi connectivity index (χ1) is 9.22. The average molecular weight is 262 g/mol. The molecule has 1 aliphatic rings. The van der Waals surface area contributed by atoms with Gasteiger partial charge in [0.2, 0.25) is 0 Å². The molecule has 1 aliphatic carbocycles. The standard InChI is InChI=1S/C15H26N4/c1-4-16-14-13(11(2)3)15(19-10-18-14)17-9-5-6-12-7-8-12/h10-12H,4-9H2,1-3H3,(H2,16,17,18,19). The fraction of sp³-hybridized carbons (Fsp3) is 0.733. The van der Waals surface area contributed by atoms with Gasteiger partial charge in [-0.25, -0.2) is 9.97 Å². The molecule has 0 atom stereocenters. The van der Waals surface area contributed by atoms with Gasteiger partial charge in [-0.05, 0) is 31.6 Å². The Morgan fingerprint density at radius 3 is 2.47 bits per heavy atom. The number of hydrogen-bond donors (Lipinski definition) is 2. The lowest BCUT2D eigenvalue weighted by Gasteiger charge is -2.17. The minimum atomic E-state index is 0.418. The third-order valence-corrected chi connectivity index (χ3v) is 3.58. The van der Waals surface area contributed by atoms with Gasteiger partial charge in [0.25, 0.3) is 0 Å². The maximum Gasteiger partial charge on any atom is 0.134 e. The smallest absolute Gasteiger partial charge is 0.134 e. The van der Waals surface area contributed by atoms with Crippen LogP contribution in [0.3, 0.4) is 0 Å². The molecule has 0 aromatic carbocycles. The lowest BCUT2D eigenvalue weighted by molar-refractivity contribution is 0.685. The second kappa shape index (κ2) is 6.73. The molecule has 2 N–H and O–H groups in total. The molecule has 0 amide bonds. The number of rotatable bonds is 8. The van der Waals surface area contributed by atoms with E-state index in [0.717, 1.165) is 30.6 Å². The summed E-state index contributed by atoms with van der Waals surface area (Å²) in [7, 11) is 0. The molecule has 1 fully saturated rings. The fourth-order valence-electron chi connectivity index (χ4n) is 2.40. The van der Waals surface area contributed by atoms with E-state index in [2.05, 4.69) is 41.4 Å². The summed E-state index contributed by atoms with van der Waals surface area (Å²) in [5, 5.41) is 6.81. The molecule has 1 saturated carbocycles. The molecule has 19 heavy (non-hydrogen) atoms. The van der Waals surface area contributed by atoms with Gasteiger partial charge in [-0.3, -0.25) is 0 Å². The fourth-order valence-corrected chi connectivity index (χ4v) is 2.40. The van der Waals surface area contributed by atoms with Gasteiger partial charge in [-0.15, -0.1) is 0 Å². The molecule has 0 saturated heterocycles. The summed E-state index contributed by atoms with van der Waals surface area (Å²) < 4.78 is 0. The molecule has 2 rings (SSSR count). The van der Waals surface area contributed by atoms with Crippen LogP contribution in [0.1, 0.15) is 57.9 Å². The molecule has 1 heterocycles. The van der Waals surface area contributed by atoms with Gasteiger partial charge in [-0.2, -0.15) is 0 Å². The molecular weight excluding hydrogens is 236 g/mol. The third-order valence-electron chi connectivity index (χ3n) is 3.58. The summed E-state index contributed by atoms with van der Waals surface area (Å²) in [6.07, 6.45) is 7.12. The average Bonchev–Trinajstić information content (AvgIpc) is 3.19. The van der Waals surface area contributed by atoms with Crippen LogP contribution in [0.25, 0.3) is 0 Å². The van der Waals surface area contributed by atoms with Gasteiger partial charge in [0.1, 0.15) is 18.0 Å². The summed E-state index contributed by atoms with van der Waals surface area (Å²) in [5.41, 5.74) is 1.20. The van der Waals surface area contributed by atoms with Crippen LogP contribution < -0.4 is 10.6 Å². The summed E-state index contributed by atoms with van der Waals surface area (Å²) in [4.78, 5) is 8.77. The first-order valence-electron chi connectivity index (χ1n) is 7.55. The maximum atomic E-state index is 4.41. The zero-order chi connectivity index (χ0) is 13.7. The molecule has 0 bridgehead atoms. The maximum absolute atomic E-state index is 4.41. The Morgan fingerprint density at radius 1 is 1.21 bits per heavy atom. The Kier molecular flexibility index (Phi) is 5.00. The highest BCUT2D eigenvalue weighted by atomic mass is 15.1. The van der Waals surface area contributed by atoms with Gasteiger partial charge in [0, 0.05) is 18.7 Å². The van der Waals surface area contributed by atoms with Crippen molar-refractivity contribution in [1.82, 2.24) is 9.97 Å². The van der Waals surface area contributed by atoms with Crippen LogP contribution in [0.4, 0.5) is 11.6 Å². The van der Waals surface area contributed by atoms with Crippen molar-refractivity contribution in [2.24, 2.45) is 5.92 Å². The minimum absolute atomic E-state index is 0.418. The molecule has 0 radical (unpaired) electrons. The Labute approximate surface area is 116 Å². The van der Waals surface area contributed by atoms with Crippen LogP contribution >= 0.6 is 0 Å². The van der Waals surface area contributed by atoms with Crippen LogP contribution in [-0.2, 0) is 0 Å². The Balaban J connectivity index is 1.98. The van der Waals surface area contributed by atoms with Crippen LogP contribution in [0.2, 0.25) is 0 Å². The van der Waals surface area contributed by atoms with Gasteiger partial charge < -0.3 is 10.6 Å². The summed E-state index contributed by atoms with van der Waals surface area (Å²) in [5.74, 6) is 3.39. The quantitative estimate of drug-likeness (QED) is 0.702. The summed E-state index contributed by atoms with van der Waals surface area (Å²) in [6.45, 7) is 8.37. The van der Waals surface area contributed by atoms with Crippen molar-refractivity contribution in [3.8, 4) is 0 Å². The van der Waals surface area contributed by atoms with Crippen LogP contribution in [-0.4, -0.2) is 23.1 Å². The Hall–Kier alpha value is -1.32. The predicted octanol–water partition coefficient (Wildman–Crippen LogP) is 3.63. The van der Waals surface area contributed by atoms with Gasteiger partial charge in [0.05, 0.1) is 0 Å². The number of anilines is 2. The van der Waals surface area contributed by atoms with Crippen molar-refractivity contribution >= 4 is 11.6 Å². The van der Waals surface area contributed by atoms with Gasteiger partial charge in [0.15, 0.2) is 0 Å². The summed E-state index contributed by atoms with van der Waals surface area (Å²) >= 11 is 0. The van der Waals surface area contributed by atoms with E-state index in [0.29, 0.717) is 5.92 Å². The van der Waals surface area contributed by atoms with Gasteiger partial charge >= 0.3 is 0 Å². The van der Waals surface area contributed by atoms with E-state index in [-0.39, 0.29) is 0 Å². The van der Waals surface area contributed by atoms with Crippen molar-refractivity contribution < 1.29 is 0 Å². The van der Waals surface area contributed by atoms with Crippen LogP contribution in [0, 0.1) is 5.92 Å². The van der Waals surface area contributed by atoms with Crippen molar-refractivity contribution in [2.75, 3.05) is 23.7 Å². The number of aromatic nitrogens is 2. The Bertz CT molecular complexity index is 399. The monoisotopic (exact) mass is 262 g/mol. The molecular formula is C15H26N4. The van der Waals surface area contributed by atoms with E-state index in [1.165, 1.54) is 31.2 Å². The van der Waals surface area contributed by atoms with Crippen molar-refractivity contribution in [3.05, 3.63) is 11.9 Å².